The molecule has 4 heteroatoms. The van der Waals surface area contributed by atoms with Crippen molar-refractivity contribution in [2.75, 3.05) is 19.8 Å². The first-order valence-corrected chi connectivity index (χ1v) is 6.71. The van der Waals surface area contributed by atoms with Crippen molar-refractivity contribution in [2.45, 2.75) is 18.9 Å². The molecular formula is C16H20O4. The van der Waals surface area contributed by atoms with Gasteiger partial charge in [-0.05, 0) is 23.9 Å². The average Bonchev–Trinajstić information content (AvgIpc) is 2.46. The third-order valence-electron chi connectivity index (χ3n) is 3.26. The van der Waals surface area contributed by atoms with Crippen LogP contribution in [0, 0.1) is 0 Å². The molecule has 0 radical (unpaired) electrons. The second kappa shape index (κ2) is 6.70. The van der Waals surface area contributed by atoms with Crippen LogP contribution in [0.15, 0.2) is 36.4 Å². The Labute approximate surface area is 118 Å². The highest BCUT2D eigenvalue weighted by molar-refractivity contribution is 5.89. The van der Waals surface area contributed by atoms with E-state index >= 15 is 0 Å². The lowest BCUT2D eigenvalue weighted by molar-refractivity contribution is 0.123. The van der Waals surface area contributed by atoms with Crippen molar-refractivity contribution in [1.82, 2.24) is 0 Å². The summed E-state index contributed by atoms with van der Waals surface area (Å²) in [6.07, 6.45) is -0.516. The Kier molecular flexibility index (Phi) is 4.95. The second-order valence-electron chi connectivity index (χ2n) is 4.96. The number of benzene rings is 2. The summed E-state index contributed by atoms with van der Waals surface area (Å²) in [4.78, 5) is 0. The number of hydrogen-bond donors (Lipinski definition) is 3. The molecule has 3 N–H and O–H groups in total. The van der Waals surface area contributed by atoms with E-state index in [2.05, 4.69) is 0 Å². The topological polar surface area (TPSA) is 69.9 Å². The standard InChI is InChI=1S/C16H20O4/c1-11(19)10-20-16-4-2-3-13-7-12(5-6-15(13)16)14(8-17)9-18/h2-7,11,14,17-19H,8-10H2,1H3. The molecule has 0 aromatic heterocycles. The van der Waals surface area contributed by atoms with Gasteiger partial charge in [-0.25, -0.2) is 0 Å². The predicted molar refractivity (Wildman–Crippen MR) is 78.0 cm³/mol. The molecule has 0 bridgehead atoms. The van der Waals surface area contributed by atoms with Crippen molar-refractivity contribution in [3.8, 4) is 5.75 Å². The Morgan fingerprint density at radius 1 is 1.10 bits per heavy atom. The van der Waals surface area contributed by atoms with E-state index in [4.69, 9.17) is 4.74 Å². The van der Waals surface area contributed by atoms with Crippen molar-refractivity contribution in [1.29, 1.82) is 0 Å². The van der Waals surface area contributed by atoms with E-state index in [1.165, 1.54) is 0 Å². The van der Waals surface area contributed by atoms with Crippen LogP contribution in [0.3, 0.4) is 0 Å². The van der Waals surface area contributed by atoms with Crippen LogP contribution in [0.5, 0.6) is 5.75 Å². The van der Waals surface area contributed by atoms with Gasteiger partial charge in [-0.2, -0.15) is 0 Å². The van der Waals surface area contributed by atoms with Crippen LogP contribution < -0.4 is 4.74 Å². The minimum Gasteiger partial charge on any atom is -0.490 e. The van der Waals surface area contributed by atoms with Crippen molar-refractivity contribution in [3.63, 3.8) is 0 Å². The summed E-state index contributed by atoms with van der Waals surface area (Å²) in [7, 11) is 0. The van der Waals surface area contributed by atoms with E-state index in [-0.39, 0.29) is 25.7 Å². The van der Waals surface area contributed by atoms with Crippen molar-refractivity contribution < 1.29 is 20.1 Å². The second-order valence-corrected chi connectivity index (χ2v) is 4.96. The van der Waals surface area contributed by atoms with Gasteiger partial charge in [-0.3, -0.25) is 0 Å². The lowest BCUT2D eigenvalue weighted by Crippen LogP contribution is -2.13. The normalized spacial score (nSPS) is 12.8. The molecule has 2 aromatic rings. The third-order valence-corrected chi connectivity index (χ3v) is 3.26. The summed E-state index contributed by atoms with van der Waals surface area (Å²) in [6.45, 7) is 1.76. The largest absolute Gasteiger partial charge is 0.490 e. The van der Waals surface area contributed by atoms with Gasteiger partial charge in [-0.15, -0.1) is 0 Å². The molecular weight excluding hydrogens is 256 g/mol. The number of aliphatic hydroxyl groups is 3. The zero-order valence-electron chi connectivity index (χ0n) is 11.5. The van der Waals surface area contributed by atoms with E-state index in [9.17, 15) is 15.3 Å². The molecule has 0 aliphatic heterocycles. The van der Waals surface area contributed by atoms with E-state index in [0.717, 1.165) is 22.1 Å². The SMILES string of the molecule is CC(O)COc1cccc2cc(C(CO)CO)ccc12. The van der Waals surface area contributed by atoms with Gasteiger partial charge in [0.25, 0.3) is 0 Å². The lowest BCUT2D eigenvalue weighted by atomic mass is 9.97. The van der Waals surface area contributed by atoms with Crippen LogP contribution in [0.4, 0.5) is 0 Å². The minimum atomic E-state index is -0.516. The number of ether oxygens (including phenoxy) is 1. The monoisotopic (exact) mass is 276 g/mol. The maximum Gasteiger partial charge on any atom is 0.127 e. The summed E-state index contributed by atoms with van der Waals surface area (Å²) in [5.74, 6) is 0.459. The number of hydrogen-bond acceptors (Lipinski definition) is 4. The molecule has 1 atom stereocenters. The molecule has 2 rings (SSSR count). The summed E-state index contributed by atoms with van der Waals surface area (Å²) in [6, 6.07) is 11.5. The fraction of sp³-hybridized carbons (Fsp3) is 0.375. The molecule has 2 aromatic carbocycles. The van der Waals surface area contributed by atoms with Gasteiger partial charge < -0.3 is 20.1 Å². The first-order chi connectivity index (χ1) is 9.65. The van der Waals surface area contributed by atoms with Crippen molar-refractivity contribution in [3.05, 3.63) is 42.0 Å². The Hall–Kier alpha value is -1.62. The van der Waals surface area contributed by atoms with Crippen molar-refractivity contribution >= 4 is 10.8 Å². The van der Waals surface area contributed by atoms with Crippen LogP contribution in [0.25, 0.3) is 10.8 Å². The first kappa shape index (κ1) is 14.8. The summed E-state index contributed by atoms with van der Waals surface area (Å²) in [5, 5.41) is 29.7. The number of rotatable bonds is 6. The molecule has 0 saturated heterocycles. The molecule has 0 saturated carbocycles. The van der Waals surface area contributed by atoms with E-state index < -0.39 is 6.10 Å². The molecule has 20 heavy (non-hydrogen) atoms. The van der Waals surface area contributed by atoms with Crippen LogP contribution >= 0.6 is 0 Å². The molecule has 108 valence electrons. The third kappa shape index (κ3) is 3.28. The van der Waals surface area contributed by atoms with Gasteiger partial charge in [0, 0.05) is 11.3 Å². The van der Waals surface area contributed by atoms with Gasteiger partial charge in [-0.1, -0.05) is 30.3 Å². The van der Waals surface area contributed by atoms with E-state index in [0.29, 0.717) is 0 Å². The lowest BCUT2D eigenvalue weighted by Gasteiger charge is -2.14. The zero-order valence-corrected chi connectivity index (χ0v) is 11.5. The molecule has 0 heterocycles. The highest BCUT2D eigenvalue weighted by Crippen LogP contribution is 2.28. The quantitative estimate of drug-likeness (QED) is 0.750. The molecule has 0 fully saturated rings. The predicted octanol–water partition coefficient (Wildman–Crippen LogP) is 1.67. The summed E-state index contributed by atoms with van der Waals surface area (Å²) >= 11 is 0. The smallest absolute Gasteiger partial charge is 0.127 e. The van der Waals surface area contributed by atoms with Crippen LogP contribution in [0.1, 0.15) is 18.4 Å². The Bertz CT molecular complexity index is 561. The maximum absolute atomic E-state index is 9.29. The zero-order chi connectivity index (χ0) is 14.5. The molecule has 0 aliphatic rings. The fourth-order valence-corrected chi connectivity index (χ4v) is 2.13. The Morgan fingerprint density at radius 2 is 1.85 bits per heavy atom. The Morgan fingerprint density at radius 3 is 2.50 bits per heavy atom. The molecule has 0 amide bonds. The number of fused-ring (bicyclic) bond motifs is 1. The molecule has 4 nitrogen and oxygen atoms in total. The van der Waals surface area contributed by atoms with Crippen molar-refractivity contribution in [2.24, 2.45) is 0 Å². The fourth-order valence-electron chi connectivity index (χ4n) is 2.13. The van der Waals surface area contributed by atoms with Crippen LogP contribution in [0.2, 0.25) is 0 Å². The van der Waals surface area contributed by atoms with E-state index in [1.807, 2.05) is 36.4 Å². The summed E-state index contributed by atoms with van der Waals surface area (Å²) in [5.41, 5.74) is 0.898. The Balaban J connectivity index is 2.35. The highest BCUT2D eigenvalue weighted by Gasteiger charge is 2.11. The van der Waals surface area contributed by atoms with Gasteiger partial charge in [0.1, 0.15) is 12.4 Å². The van der Waals surface area contributed by atoms with Gasteiger partial charge in [0.05, 0.1) is 19.3 Å². The van der Waals surface area contributed by atoms with Gasteiger partial charge >= 0.3 is 0 Å². The molecule has 0 aliphatic carbocycles. The first-order valence-electron chi connectivity index (χ1n) is 6.71. The highest BCUT2D eigenvalue weighted by atomic mass is 16.5. The minimum absolute atomic E-state index is 0.0831. The molecule has 0 spiro atoms. The van der Waals surface area contributed by atoms with Gasteiger partial charge in [0.2, 0.25) is 0 Å². The van der Waals surface area contributed by atoms with E-state index in [1.54, 1.807) is 6.92 Å². The summed E-state index contributed by atoms with van der Waals surface area (Å²) < 4.78 is 5.58. The van der Waals surface area contributed by atoms with Gasteiger partial charge in [0.15, 0.2) is 0 Å². The number of aliphatic hydroxyl groups excluding tert-OH is 3. The molecule has 1 unspecified atom stereocenters. The van der Waals surface area contributed by atoms with Crippen LogP contribution in [-0.4, -0.2) is 41.2 Å². The maximum atomic E-state index is 9.29. The van der Waals surface area contributed by atoms with Crippen LogP contribution in [-0.2, 0) is 0 Å². The average molecular weight is 276 g/mol.